The average Bonchev–Trinajstić information content (AvgIpc) is 2.37. The van der Waals surface area contributed by atoms with Crippen LogP contribution in [-0.2, 0) is 12.7 Å². The van der Waals surface area contributed by atoms with E-state index < -0.39 is 11.7 Å². The monoisotopic (exact) mass is 303 g/mol. The van der Waals surface area contributed by atoms with E-state index in [1.807, 2.05) is 37.7 Å². The first-order valence-corrected chi connectivity index (χ1v) is 7.02. The van der Waals surface area contributed by atoms with Crippen LogP contribution in [0.3, 0.4) is 0 Å². The van der Waals surface area contributed by atoms with Crippen molar-refractivity contribution in [2.75, 3.05) is 32.1 Å². The van der Waals surface area contributed by atoms with Crippen molar-refractivity contribution in [2.45, 2.75) is 32.6 Å². The minimum absolute atomic E-state index is 0.117. The molecule has 0 saturated carbocycles. The molecule has 1 atom stereocenters. The van der Waals surface area contributed by atoms with Gasteiger partial charge in [0.25, 0.3) is 0 Å². The normalized spacial score (nSPS) is 13.6. The number of benzene rings is 1. The number of nitrogens with zero attached hydrogens (tertiary/aromatic N) is 2. The van der Waals surface area contributed by atoms with Crippen molar-refractivity contribution in [1.82, 2.24) is 4.90 Å². The van der Waals surface area contributed by atoms with Crippen molar-refractivity contribution in [3.8, 4) is 0 Å². The van der Waals surface area contributed by atoms with Gasteiger partial charge in [-0.2, -0.15) is 13.2 Å². The molecule has 0 saturated heterocycles. The molecule has 0 aromatic heterocycles. The van der Waals surface area contributed by atoms with E-state index in [0.29, 0.717) is 12.2 Å². The summed E-state index contributed by atoms with van der Waals surface area (Å²) in [5, 5.41) is 0. The Morgan fingerprint density at radius 3 is 2.29 bits per heavy atom. The maximum Gasteiger partial charge on any atom is 0.416 e. The van der Waals surface area contributed by atoms with Gasteiger partial charge in [0.1, 0.15) is 0 Å². The van der Waals surface area contributed by atoms with Crippen LogP contribution in [0.15, 0.2) is 18.2 Å². The Morgan fingerprint density at radius 1 is 1.24 bits per heavy atom. The molecule has 0 heterocycles. The van der Waals surface area contributed by atoms with Crippen molar-refractivity contribution in [3.05, 3.63) is 29.3 Å². The van der Waals surface area contributed by atoms with Crippen LogP contribution in [-0.4, -0.2) is 38.1 Å². The first-order chi connectivity index (χ1) is 9.70. The zero-order valence-corrected chi connectivity index (χ0v) is 13.0. The fourth-order valence-electron chi connectivity index (χ4n) is 2.56. The Morgan fingerprint density at radius 2 is 1.86 bits per heavy atom. The summed E-state index contributed by atoms with van der Waals surface area (Å²) in [5.74, 6) is 0. The van der Waals surface area contributed by atoms with Crippen LogP contribution in [0.1, 0.15) is 25.0 Å². The summed E-state index contributed by atoms with van der Waals surface area (Å²) in [4.78, 5) is 3.99. The molecule has 120 valence electrons. The van der Waals surface area contributed by atoms with Gasteiger partial charge in [-0.1, -0.05) is 6.07 Å². The van der Waals surface area contributed by atoms with Crippen LogP contribution in [0.4, 0.5) is 18.9 Å². The largest absolute Gasteiger partial charge is 0.416 e. The lowest BCUT2D eigenvalue weighted by molar-refractivity contribution is -0.138. The summed E-state index contributed by atoms with van der Waals surface area (Å²) in [7, 11) is 3.89. The van der Waals surface area contributed by atoms with Gasteiger partial charge in [-0.3, -0.25) is 0 Å². The van der Waals surface area contributed by atoms with Gasteiger partial charge in [-0.25, -0.2) is 0 Å². The highest BCUT2D eigenvalue weighted by molar-refractivity contribution is 5.52. The summed E-state index contributed by atoms with van der Waals surface area (Å²) < 4.78 is 39.3. The van der Waals surface area contributed by atoms with Crippen LogP contribution < -0.4 is 10.6 Å². The molecule has 0 aliphatic carbocycles. The second kappa shape index (κ2) is 7.13. The van der Waals surface area contributed by atoms with Crippen LogP contribution in [0, 0.1) is 0 Å². The van der Waals surface area contributed by atoms with Crippen molar-refractivity contribution >= 4 is 5.69 Å². The highest BCUT2D eigenvalue weighted by Gasteiger charge is 2.33. The number of rotatable bonds is 6. The lowest BCUT2D eigenvalue weighted by Crippen LogP contribution is -2.40. The average molecular weight is 303 g/mol. The lowest BCUT2D eigenvalue weighted by atomic mass is 10.0. The number of hydrogen-bond donors (Lipinski definition) is 1. The summed E-state index contributed by atoms with van der Waals surface area (Å²) in [6.07, 6.45) is -4.38. The van der Waals surface area contributed by atoms with Gasteiger partial charge in [0, 0.05) is 31.4 Å². The molecular weight excluding hydrogens is 279 g/mol. The predicted molar refractivity (Wildman–Crippen MR) is 80.4 cm³/mol. The molecule has 21 heavy (non-hydrogen) atoms. The van der Waals surface area contributed by atoms with Crippen LogP contribution in [0.2, 0.25) is 0 Å². The Labute approximate surface area is 124 Å². The quantitative estimate of drug-likeness (QED) is 0.877. The molecule has 2 N–H and O–H groups in total. The van der Waals surface area contributed by atoms with Gasteiger partial charge in [0.15, 0.2) is 0 Å². The molecule has 3 nitrogen and oxygen atoms in total. The highest BCUT2D eigenvalue weighted by atomic mass is 19.4. The van der Waals surface area contributed by atoms with Gasteiger partial charge < -0.3 is 15.5 Å². The second-order valence-electron chi connectivity index (χ2n) is 5.44. The molecule has 0 aliphatic heterocycles. The third kappa shape index (κ3) is 4.61. The molecule has 6 heteroatoms. The molecule has 0 fully saturated rings. The van der Waals surface area contributed by atoms with Crippen molar-refractivity contribution in [1.29, 1.82) is 0 Å². The summed E-state index contributed by atoms with van der Waals surface area (Å²) in [6.45, 7) is 5.25. The van der Waals surface area contributed by atoms with E-state index in [2.05, 4.69) is 0 Å². The van der Waals surface area contributed by atoms with Gasteiger partial charge in [0.05, 0.1) is 5.56 Å². The van der Waals surface area contributed by atoms with E-state index in [-0.39, 0.29) is 18.2 Å². The molecule has 0 bridgehead atoms. The number of alkyl halides is 3. The van der Waals surface area contributed by atoms with Crippen molar-refractivity contribution in [3.63, 3.8) is 0 Å². The number of nitrogens with two attached hydrogens (primary N) is 1. The molecule has 1 rings (SSSR count). The van der Waals surface area contributed by atoms with Gasteiger partial charge in [-0.05, 0) is 45.6 Å². The second-order valence-corrected chi connectivity index (χ2v) is 5.44. The minimum atomic E-state index is -4.38. The molecule has 1 unspecified atom stereocenters. The zero-order valence-electron chi connectivity index (χ0n) is 13.0. The van der Waals surface area contributed by atoms with Crippen molar-refractivity contribution in [2.24, 2.45) is 5.73 Å². The molecule has 0 spiro atoms. The van der Waals surface area contributed by atoms with Crippen molar-refractivity contribution < 1.29 is 13.2 Å². The molecule has 1 aromatic rings. The fourth-order valence-corrected chi connectivity index (χ4v) is 2.56. The van der Waals surface area contributed by atoms with Gasteiger partial charge in [0.2, 0.25) is 0 Å². The molecule has 1 aromatic carbocycles. The Hall–Kier alpha value is -1.27. The maximum atomic E-state index is 13.1. The molecule has 0 radical (unpaired) electrons. The number of anilines is 1. The SMILES string of the molecule is CCN(c1ccc(CN)c(C(F)(F)F)c1)C(C)CN(C)C. The number of halogens is 3. The minimum Gasteiger partial charge on any atom is -0.368 e. The smallest absolute Gasteiger partial charge is 0.368 e. The third-order valence-corrected chi connectivity index (χ3v) is 3.45. The Kier molecular flexibility index (Phi) is 6.04. The number of hydrogen-bond acceptors (Lipinski definition) is 3. The summed E-state index contributed by atoms with van der Waals surface area (Å²) in [5.41, 5.74) is 5.48. The molecule has 0 aliphatic rings. The summed E-state index contributed by atoms with van der Waals surface area (Å²) >= 11 is 0. The first-order valence-electron chi connectivity index (χ1n) is 7.02. The zero-order chi connectivity index (χ0) is 16.2. The topological polar surface area (TPSA) is 32.5 Å². The van der Waals surface area contributed by atoms with E-state index in [9.17, 15) is 13.2 Å². The molecule has 0 amide bonds. The van der Waals surface area contributed by atoms with Crippen LogP contribution >= 0.6 is 0 Å². The molecular formula is C15H24F3N3. The standard InChI is InChI=1S/C15H24F3N3/c1-5-21(11(2)10-20(3)4)13-7-6-12(9-19)14(8-13)15(16,17)18/h6-8,11H,5,9-10,19H2,1-4H3. The number of likely N-dealkylation sites (N-methyl/N-ethyl adjacent to an activating group) is 2. The van der Waals surface area contributed by atoms with E-state index in [1.54, 1.807) is 6.07 Å². The van der Waals surface area contributed by atoms with E-state index in [4.69, 9.17) is 5.73 Å². The van der Waals surface area contributed by atoms with E-state index in [1.165, 1.54) is 12.1 Å². The first kappa shape index (κ1) is 17.8. The highest BCUT2D eigenvalue weighted by Crippen LogP contribution is 2.35. The lowest BCUT2D eigenvalue weighted by Gasteiger charge is -2.32. The van der Waals surface area contributed by atoms with Gasteiger partial charge in [-0.15, -0.1) is 0 Å². The van der Waals surface area contributed by atoms with Crippen LogP contribution in [0.5, 0.6) is 0 Å². The predicted octanol–water partition coefficient (Wildman–Crippen LogP) is 2.94. The maximum absolute atomic E-state index is 13.1. The van der Waals surface area contributed by atoms with E-state index in [0.717, 1.165) is 6.54 Å². The Balaban J connectivity index is 3.17. The Bertz CT molecular complexity index is 458. The fraction of sp³-hybridized carbons (Fsp3) is 0.600. The van der Waals surface area contributed by atoms with E-state index >= 15 is 0 Å². The summed E-state index contributed by atoms with van der Waals surface area (Å²) in [6, 6.07) is 4.52. The third-order valence-electron chi connectivity index (χ3n) is 3.45. The van der Waals surface area contributed by atoms with Gasteiger partial charge >= 0.3 is 6.18 Å². The van der Waals surface area contributed by atoms with Crippen LogP contribution in [0.25, 0.3) is 0 Å².